The summed E-state index contributed by atoms with van der Waals surface area (Å²) >= 11 is 0. The molecule has 144 valence electrons. The molecular weight excluding hydrogens is 362 g/mol. The third-order valence-corrected chi connectivity index (χ3v) is 5.42. The quantitative estimate of drug-likeness (QED) is 0.543. The van der Waals surface area contributed by atoms with Crippen LogP contribution >= 0.6 is 0 Å². The molecule has 1 fully saturated rings. The molecule has 29 heavy (non-hydrogen) atoms. The van der Waals surface area contributed by atoms with Crippen LogP contribution in [-0.4, -0.2) is 25.4 Å². The number of pyridine rings is 1. The number of nitrogens with one attached hydrogen (secondary N) is 1. The summed E-state index contributed by atoms with van der Waals surface area (Å²) in [5.41, 5.74) is 4.04. The summed E-state index contributed by atoms with van der Waals surface area (Å²) in [6.45, 7) is 2.21. The zero-order chi connectivity index (χ0) is 19.8. The number of hydrogen-bond donors (Lipinski definition) is 1. The van der Waals surface area contributed by atoms with Gasteiger partial charge in [0.15, 0.2) is 11.6 Å². The van der Waals surface area contributed by atoms with Gasteiger partial charge in [0.1, 0.15) is 11.3 Å². The molecule has 0 unspecified atom stereocenters. The van der Waals surface area contributed by atoms with Gasteiger partial charge < -0.3 is 5.32 Å². The molecule has 0 amide bonds. The minimum absolute atomic E-state index is 0.0419. The van der Waals surface area contributed by atoms with Crippen molar-refractivity contribution >= 4 is 17.1 Å². The van der Waals surface area contributed by atoms with Gasteiger partial charge in [0, 0.05) is 29.8 Å². The van der Waals surface area contributed by atoms with Crippen LogP contribution in [0.3, 0.4) is 0 Å². The lowest BCUT2D eigenvalue weighted by molar-refractivity contribution is -0.118. The summed E-state index contributed by atoms with van der Waals surface area (Å²) in [7, 11) is 0. The fraction of sp³-hybridized carbons (Fsp3) is 0.217. The number of anilines is 1. The number of nitrogens with zero attached hydrogens (tertiary/aromatic N) is 4. The van der Waals surface area contributed by atoms with Crippen LogP contribution in [0, 0.1) is 5.92 Å². The van der Waals surface area contributed by atoms with Crippen molar-refractivity contribution in [1.82, 2.24) is 19.6 Å². The number of carbonyl (C=O) groups is 1. The molecule has 1 N–H and O–H groups in total. The fourth-order valence-corrected chi connectivity index (χ4v) is 3.78. The van der Waals surface area contributed by atoms with Crippen LogP contribution < -0.4 is 5.32 Å². The number of rotatable bonds is 6. The van der Waals surface area contributed by atoms with Crippen molar-refractivity contribution in [1.29, 1.82) is 0 Å². The minimum atomic E-state index is 0.0419. The predicted octanol–water partition coefficient (Wildman–Crippen LogP) is 4.10. The van der Waals surface area contributed by atoms with Gasteiger partial charge in [-0.3, -0.25) is 9.78 Å². The minimum Gasteiger partial charge on any atom is -0.363 e. The van der Waals surface area contributed by atoms with Crippen molar-refractivity contribution in [3.63, 3.8) is 0 Å². The van der Waals surface area contributed by atoms with E-state index in [0.717, 1.165) is 40.4 Å². The van der Waals surface area contributed by atoms with Crippen molar-refractivity contribution < 1.29 is 4.79 Å². The Hall–Kier alpha value is -3.54. The van der Waals surface area contributed by atoms with E-state index in [2.05, 4.69) is 28.5 Å². The van der Waals surface area contributed by atoms with Crippen LogP contribution in [0.4, 0.5) is 5.82 Å². The molecule has 1 aliphatic carbocycles. The smallest absolute Gasteiger partial charge is 0.155 e. The topological polar surface area (TPSA) is 72.2 Å². The first kappa shape index (κ1) is 17.6. The van der Waals surface area contributed by atoms with E-state index in [1.165, 1.54) is 0 Å². The summed E-state index contributed by atoms with van der Waals surface area (Å²) in [5, 5.41) is 8.18. The van der Waals surface area contributed by atoms with Gasteiger partial charge >= 0.3 is 0 Å². The molecule has 6 nitrogen and oxygen atoms in total. The maximum Gasteiger partial charge on any atom is 0.155 e. The van der Waals surface area contributed by atoms with Crippen molar-refractivity contribution in [2.75, 3.05) is 5.32 Å². The molecule has 3 aromatic heterocycles. The summed E-state index contributed by atoms with van der Waals surface area (Å²) < 4.78 is 1.88. The summed E-state index contributed by atoms with van der Waals surface area (Å²) in [6.07, 6.45) is 4.57. The van der Waals surface area contributed by atoms with Gasteiger partial charge in [-0.15, -0.1) is 0 Å². The molecule has 6 heteroatoms. The van der Waals surface area contributed by atoms with Gasteiger partial charge in [-0.25, -0.2) is 9.50 Å². The van der Waals surface area contributed by atoms with Crippen LogP contribution in [0.2, 0.25) is 0 Å². The third kappa shape index (κ3) is 3.38. The number of hydrogen-bond acceptors (Lipinski definition) is 5. The van der Waals surface area contributed by atoms with Crippen LogP contribution in [0.1, 0.15) is 30.8 Å². The molecule has 0 aliphatic heterocycles. The average molecular weight is 383 g/mol. The molecule has 0 spiro atoms. The highest BCUT2D eigenvalue weighted by Crippen LogP contribution is 2.47. The van der Waals surface area contributed by atoms with Gasteiger partial charge in [-0.05, 0) is 37.1 Å². The molecule has 1 aromatic carbocycles. The molecule has 1 saturated carbocycles. The van der Waals surface area contributed by atoms with Gasteiger partial charge in [-0.1, -0.05) is 36.4 Å². The zero-order valence-corrected chi connectivity index (χ0v) is 16.1. The second-order valence-corrected chi connectivity index (χ2v) is 7.44. The molecule has 4 aromatic rings. The number of carbonyl (C=O) groups excluding carboxylic acids is 1. The molecule has 0 bridgehead atoms. The Morgan fingerprint density at radius 2 is 1.97 bits per heavy atom. The SMILES string of the molecule is CC(=O)[C@@H]1C[C@H]1c1nc(NCc2ccccn2)c2c(-c3ccccc3)ccn2n1. The monoisotopic (exact) mass is 383 g/mol. The van der Waals surface area contributed by atoms with Crippen LogP contribution in [0.25, 0.3) is 16.6 Å². The van der Waals surface area contributed by atoms with Crippen LogP contribution in [0.15, 0.2) is 67.0 Å². The largest absolute Gasteiger partial charge is 0.363 e. The number of fused-ring (bicyclic) bond motifs is 1. The second-order valence-electron chi connectivity index (χ2n) is 7.44. The molecular formula is C23H21N5O. The maximum absolute atomic E-state index is 11.8. The zero-order valence-electron chi connectivity index (χ0n) is 16.1. The Morgan fingerprint density at radius 3 is 2.69 bits per heavy atom. The summed E-state index contributed by atoms with van der Waals surface area (Å²) in [5.74, 6) is 1.84. The molecule has 0 saturated heterocycles. The van der Waals surface area contributed by atoms with Crippen molar-refractivity contribution in [3.05, 3.63) is 78.5 Å². The van der Waals surface area contributed by atoms with E-state index < -0.39 is 0 Å². The number of benzene rings is 1. The molecule has 1 aliphatic rings. The highest BCUT2D eigenvalue weighted by Gasteiger charge is 2.44. The van der Waals surface area contributed by atoms with Gasteiger partial charge in [0.05, 0.1) is 12.2 Å². The van der Waals surface area contributed by atoms with Crippen molar-refractivity contribution in [2.24, 2.45) is 5.92 Å². The highest BCUT2D eigenvalue weighted by molar-refractivity contribution is 5.88. The van der Waals surface area contributed by atoms with E-state index in [9.17, 15) is 4.79 Å². The first-order valence-corrected chi connectivity index (χ1v) is 9.79. The Morgan fingerprint density at radius 1 is 1.14 bits per heavy atom. The van der Waals surface area contributed by atoms with Gasteiger partial charge in [0.25, 0.3) is 0 Å². The fourth-order valence-electron chi connectivity index (χ4n) is 3.78. The Labute approximate surface area is 168 Å². The van der Waals surface area contributed by atoms with Gasteiger partial charge in [-0.2, -0.15) is 5.10 Å². The van der Waals surface area contributed by atoms with E-state index in [1.807, 2.05) is 47.1 Å². The standard InChI is InChI=1S/C23H21N5O/c1-15(29)19-13-20(19)22-26-23(25-14-17-9-5-6-11-24-17)21-18(10-12-28(21)27-22)16-7-3-2-4-8-16/h2-12,19-20H,13-14H2,1H3,(H,25,26,27)/t19-,20+/m0/s1. The number of aromatic nitrogens is 4. The van der Waals surface area contributed by atoms with Crippen LogP contribution in [-0.2, 0) is 11.3 Å². The van der Waals surface area contributed by atoms with E-state index in [0.29, 0.717) is 6.54 Å². The Bertz CT molecular complexity index is 1170. The normalized spacial score (nSPS) is 18.0. The predicted molar refractivity (Wildman–Crippen MR) is 112 cm³/mol. The Balaban J connectivity index is 1.58. The molecule has 5 rings (SSSR count). The summed E-state index contributed by atoms with van der Waals surface area (Å²) in [4.78, 5) is 21.0. The lowest BCUT2D eigenvalue weighted by Gasteiger charge is -2.11. The van der Waals surface area contributed by atoms with Crippen molar-refractivity contribution in [3.8, 4) is 11.1 Å². The van der Waals surface area contributed by atoms with E-state index in [4.69, 9.17) is 10.1 Å². The lowest BCUT2D eigenvalue weighted by Crippen LogP contribution is -2.10. The number of ketones is 1. The molecule has 2 atom stereocenters. The van der Waals surface area contributed by atoms with E-state index >= 15 is 0 Å². The molecule has 0 radical (unpaired) electrons. The van der Waals surface area contributed by atoms with Gasteiger partial charge in [0.2, 0.25) is 0 Å². The first-order valence-electron chi connectivity index (χ1n) is 9.79. The highest BCUT2D eigenvalue weighted by atomic mass is 16.1. The van der Waals surface area contributed by atoms with E-state index in [-0.39, 0.29) is 17.6 Å². The summed E-state index contributed by atoms with van der Waals surface area (Å²) in [6, 6.07) is 18.1. The first-order chi connectivity index (χ1) is 14.2. The van der Waals surface area contributed by atoms with Crippen molar-refractivity contribution in [2.45, 2.75) is 25.8 Å². The molecule has 3 heterocycles. The third-order valence-electron chi connectivity index (χ3n) is 5.42. The Kier molecular flexibility index (Phi) is 4.31. The van der Waals surface area contributed by atoms with Crippen LogP contribution in [0.5, 0.6) is 0 Å². The lowest BCUT2D eigenvalue weighted by atomic mass is 10.1. The number of Topliss-reactive ketones (excluding diaryl/α,β-unsaturated/α-hetero) is 1. The van der Waals surface area contributed by atoms with E-state index in [1.54, 1.807) is 13.1 Å². The maximum atomic E-state index is 11.8. The second kappa shape index (κ2) is 7.13. The average Bonchev–Trinajstić information content (AvgIpc) is 3.46.